The summed E-state index contributed by atoms with van der Waals surface area (Å²) in [5.41, 5.74) is 0.919. The second-order valence-corrected chi connectivity index (χ2v) is 7.44. The predicted molar refractivity (Wildman–Crippen MR) is 119 cm³/mol. The molecule has 0 bridgehead atoms. The van der Waals surface area contributed by atoms with Crippen LogP contribution in [-0.2, 0) is 11.3 Å². The van der Waals surface area contributed by atoms with Crippen LogP contribution in [0.3, 0.4) is 0 Å². The van der Waals surface area contributed by atoms with E-state index in [2.05, 4.69) is 10.4 Å². The molecule has 3 aromatic rings. The summed E-state index contributed by atoms with van der Waals surface area (Å²) in [6.45, 7) is 6.07. The van der Waals surface area contributed by atoms with Crippen molar-refractivity contribution in [3.63, 3.8) is 0 Å². The number of nitrogens with one attached hydrogen (secondary N) is 1. The Hall–Kier alpha value is -3.68. The average Bonchev–Trinajstić information content (AvgIpc) is 2.78. The Morgan fingerprint density at radius 2 is 1.72 bits per heavy atom. The number of carbonyl (C=O) groups excluding carboxylic acids is 1. The van der Waals surface area contributed by atoms with E-state index >= 15 is 0 Å². The lowest BCUT2D eigenvalue weighted by atomic mass is 10.2. The van der Waals surface area contributed by atoms with Crippen molar-refractivity contribution in [3.05, 3.63) is 82.4 Å². The SMILES string of the molecule is CC[C@@H](Oc1ccc(=O)n(-c2ccc(F)cc2)n1)C(=O)NCc1ccc(OC(C)C)cc1. The summed E-state index contributed by atoms with van der Waals surface area (Å²) in [5, 5.41) is 7.01. The van der Waals surface area contributed by atoms with E-state index in [1.807, 2.05) is 45.0 Å². The Kier molecular flexibility index (Phi) is 7.59. The van der Waals surface area contributed by atoms with E-state index in [0.29, 0.717) is 18.7 Å². The van der Waals surface area contributed by atoms with Crippen molar-refractivity contribution in [2.45, 2.75) is 45.9 Å². The maximum absolute atomic E-state index is 13.2. The third-order valence-corrected chi connectivity index (χ3v) is 4.54. The number of benzene rings is 2. The number of aromatic nitrogens is 2. The van der Waals surface area contributed by atoms with Crippen molar-refractivity contribution in [1.29, 1.82) is 0 Å². The molecule has 3 rings (SSSR count). The van der Waals surface area contributed by atoms with Crippen LogP contribution in [0.1, 0.15) is 32.8 Å². The largest absolute Gasteiger partial charge is 0.491 e. The van der Waals surface area contributed by atoms with E-state index in [1.54, 1.807) is 0 Å². The van der Waals surface area contributed by atoms with Gasteiger partial charge in [0.05, 0.1) is 11.8 Å². The summed E-state index contributed by atoms with van der Waals surface area (Å²) in [5.74, 6) is 0.175. The molecule has 0 aliphatic heterocycles. The molecule has 0 saturated heterocycles. The third kappa shape index (κ3) is 6.16. The molecular weight excluding hydrogens is 413 g/mol. The number of ether oxygens (including phenoxy) is 2. The topological polar surface area (TPSA) is 82.5 Å². The molecule has 1 heterocycles. The fourth-order valence-electron chi connectivity index (χ4n) is 2.95. The van der Waals surface area contributed by atoms with Gasteiger partial charge in [0.2, 0.25) is 5.88 Å². The van der Waals surface area contributed by atoms with Gasteiger partial charge in [-0.25, -0.2) is 4.39 Å². The summed E-state index contributed by atoms with van der Waals surface area (Å²) >= 11 is 0. The lowest BCUT2D eigenvalue weighted by Crippen LogP contribution is -2.38. The maximum Gasteiger partial charge on any atom is 0.271 e. The minimum absolute atomic E-state index is 0.0917. The van der Waals surface area contributed by atoms with E-state index < -0.39 is 17.5 Å². The Morgan fingerprint density at radius 1 is 1.03 bits per heavy atom. The third-order valence-electron chi connectivity index (χ3n) is 4.54. The van der Waals surface area contributed by atoms with Crippen molar-refractivity contribution in [2.75, 3.05) is 0 Å². The second-order valence-electron chi connectivity index (χ2n) is 7.44. The molecule has 1 aromatic heterocycles. The molecule has 0 unspecified atom stereocenters. The van der Waals surface area contributed by atoms with E-state index in [9.17, 15) is 14.0 Å². The van der Waals surface area contributed by atoms with E-state index in [1.165, 1.54) is 36.4 Å². The van der Waals surface area contributed by atoms with Gasteiger partial charge in [-0.15, -0.1) is 5.10 Å². The van der Waals surface area contributed by atoms with Gasteiger partial charge in [-0.1, -0.05) is 19.1 Å². The first kappa shape index (κ1) is 23.0. The van der Waals surface area contributed by atoms with Gasteiger partial charge in [0.25, 0.3) is 11.5 Å². The van der Waals surface area contributed by atoms with Crippen LogP contribution in [0.15, 0.2) is 65.5 Å². The zero-order valence-corrected chi connectivity index (χ0v) is 18.2. The van der Waals surface area contributed by atoms with Gasteiger partial charge in [-0.2, -0.15) is 4.68 Å². The number of carbonyl (C=O) groups is 1. The fourth-order valence-corrected chi connectivity index (χ4v) is 2.95. The number of rotatable bonds is 9. The molecular formula is C24H26FN3O4. The number of nitrogens with zero attached hydrogens (tertiary/aromatic N) is 2. The standard InChI is InChI=1S/C24H26FN3O4/c1-4-21(24(30)26-15-17-5-11-20(12-6-17)31-16(2)3)32-22-13-14-23(29)28(27-22)19-9-7-18(25)8-10-19/h5-14,16,21H,4,15H2,1-3H3,(H,26,30)/t21-/m1/s1. The van der Waals surface area contributed by atoms with Gasteiger partial charge in [0, 0.05) is 18.7 Å². The summed E-state index contributed by atoms with van der Waals surface area (Å²) in [4.78, 5) is 24.8. The molecule has 0 spiro atoms. The van der Waals surface area contributed by atoms with Crippen LogP contribution in [0.5, 0.6) is 11.6 Å². The summed E-state index contributed by atoms with van der Waals surface area (Å²) in [7, 11) is 0. The van der Waals surface area contributed by atoms with Crippen molar-refractivity contribution < 1.29 is 18.7 Å². The van der Waals surface area contributed by atoms with Crippen LogP contribution < -0.4 is 20.3 Å². The Labute approximate surface area is 185 Å². The molecule has 1 N–H and O–H groups in total. The highest BCUT2D eigenvalue weighted by Gasteiger charge is 2.19. The molecule has 0 radical (unpaired) electrons. The Morgan fingerprint density at radius 3 is 2.34 bits per heavy atom. The number of amides is 1. The summed E-state index contributed by atoms with van der Waals surface area (Å²) in [6, 6.07) is 15.5. The smallest absolute Gasteiger partial charge is 0.271 e. The summed E-state index contributed by atoms with van der Waals surface area (Å²) in [6.07, 6.45) is -0.288. The van der Waals surface area contributed by atoms with Gasteiger partial charge in [0.15, 0.2) is 6.10 Å². The van der Waals surface area contributed by atoms with Crippen molar-refractivity contribution in [3.8, 4) is 17.3 Å². The highest BCUT2D eigenvalue weighted by Crippen LogP contribution is 2.15. The first-order chi connectivity index (χ1) is 15.4. The molecule has 1 atom stereocenters. The number of halogens is 1. The van der Waals surface area contributed by atoms with E-state index in [0.717, 1.165) is 16.0 Å². The van der Waals surface area contributed by atoms with Crippen LogP contribution in [-0.4, -0.2) is 27.9 Å². The Balaban J connectivity index is 1.64. The van der Waals surface area contributed by atoms with Crippen molar-refractivity contribution in [1.82, 2.24) is 15.1 Å². The van der Waals surface area contributed by atoms with Gasteiger partial charge in [0.1, 0.15) is 11.6 Å². The van der Waals surface area contributed by atoms with Crippen LogP contribution in [0, 0.1) is 5.82 Å². The van der Waals surface area contributed by atoms with Crippen LogP contribution in [0.4, 0.5) is 4.39 Å². The minimum Gasteiger partial charge on any atom is -0.491 e. The molecule has 2 aromatic carbocycles. The average molecular weight is 439 g/mol. The molecule has 7 nitrogen and oxygen atoms in total. The highest BCUT2D eigenvalue weighted by molar-refractivity contribution is 5.81. The van der Waals surface area contributed by atoms with E-state index in [-0.39, 0.29) is 17.9 Å². The zero-order valence-electron chi connectivity index (χ0n) is 18.2. The van der Waals surface area contributed by atoms with Crippen LogP contribution in [0.25, 0.3) is 5.69 Å². The lowest BCUT2D eigenvalue weighted by Gasteiger charge is -2.17. The van der Waals surface area contributed by atoms with Gasteiger partial charge in [-0.05, 0) is 62.2 Å². The highest BCUT2D eigenvalue weighted by atomic mass is 19.1. The summed E-state index contributed by atoms with van der Waals surface area (Å²) < 4.78 is 25.6. The molecule has 0 saturated carbocycles. The Bertz CT molecular complexity index is 1100. The van der Waals surface area contributed by atoms with E-state index in [4.69, 9.17) is 9.47 Å². The molecule has 0 aliphatic rings. The molecule has 1 amide bonds. The fraction of sp³-hybridized carbons (Fsp3) is 0.292. The first-order valence-corrected chi connectivity index (χ1v) is 10.4. The van der Waals surface area contributed by atoms with Crippen LogP contribution in [0.2, 0.25) is 0 Å². The normalized spacial score (nSPS) is 11.8. The molecule has 0 fully saturated rings. The first-order valence-electron chi connectivity index (χ1n) is 10.4. The number of hydrogen-bond acceptors (Lipinski definition) is 5. The quantitative estimate of drug-likeness (QED) is 0.551. The number of hydrogen-bond donors (Lipinski definition) is 1. The lowest BCUT2D eigenvalue weighted by molar-refractivity contribution is -0.128. The van der Waals surface area contributed by atoms with Gasteiger partial charge < -0.3 is 14.8 Å². The minimum atomic E-state index is -0.787. The van der Waals surface area contributed by atoms with Crippen LogP contribution >= 0.6 is 0 Å². The predicted octanol–water partition coefficient (Wildman–Crippen LogP) is 3.63. The molecule has 168 valence electrons. The van der Waals surface area contributed by atoms with Gasteiger partial charge >= 0.3 is 0 Å². The zero-order chi connectivity index (χ0) is 23.1. The molecule has 32 heavy (non-hydrogen) atoms. The molecule has 8 heteroatoms. The maximum atomic E-state index is 13.2. The molecule has 0 aliphatic carbocycles. The van der Waals surface area contributed by atoms with Crippen molar-refractivity contribution >= 4 is 5.91 Å². The second kappa shape index (κ2) is 10.6. The monoisotopic (exact) mass is 439 g/mol. The van der Waals surface area contributed by atoms with Gasteiger partial charge in [-0.3, -0.25) is 9.59 Å². The van der Waals surface area contributed by atoms with Crippen molar-refractivity contribution in [2.24, 2.45) is 0 Å².